The molecule has 1 fully saturated rings. The summed E-state index contributed by atoms with van der Waals surface area (Å²) in [6.07, 6.45) is 5.92. The summed E-state index contributed by atoms with van der Waals surface area (Å²) in [5.41, 5.74) is 2.13. The average molecular weight is 411 g/mol. The molecule has 0 aliphatic carbocycles. The molecule has 1 saturated heterocycles. The molecule has 0 spiro atoms. The molecule has 0 radical (unpaired) electrons. The molecule has 0 unspecified atom stereocenters. The fourth-order valence-electron chi connectivity index (χ4n) is 3.96. The maximum absolute atomic E-state index is 11.4. The molecule has 1 aliphatic rings. The van der Waals surface area contributed by atoms with Crippen molar-refractivity contribution in [2.75, 3.05) is 19.6 Å². The number of unbranched alkanes of at least 4 members (excludes halogenated alkanes) is 1. The number of H-pyrrole nitrogens is 1. The first-order chi connectivity index (χ1) is 14.2. The molecular weight excluding hydrogens is 384 g/mol. The second-order valence-electron chi connectivity index (χ2n) is 7.81. The minimum absolute atomic E-state index is 0.0771. The van der Waals surface area contributed by atoms with Crippen molar-refractivity contribution in [2.24, 2.45) is 0 Å². The molecule has 2 aromatic carbocycles. The van der Waals surface area contributed by atoms with Gasteiger partial charge in [-0.15, -0.1) is 0 Å². The minimum atomic E-state index is -0.0771. The van der Waals surface area contributed by atoms with E-state index in [1.54, 1.807) is 6.07 Å². The molecule has 1 aliphatic heterocycles. The number of halogens is 1. The van der Waals surface area contributed by atoms with Gasteiger partial charge in [-0.3, -0.25) is 4.79 Å². The third-order valence-electron chi connectivity index (χ3n) is 5.64. The first-order valence-corrected chi connectivity index (χ1v) is 10.8. The van der Waals surface area contributed by atoms with Crippen LogP contribution in [-0.4, -0.2) is 35.6 Å². The Labute approximate surface area is 176 Å². The van der Waals surface area contributed by atoms with Gasteiger partial charge in [0.15, 0.2) is 0 Å². The van der Waals surface area contributed by atoms with Gasteiger partial charge in [0.2, 0.25) is 5.56 Å². The van der Waals surface area contributed by atoms with E-state index in [-0.39, 0.29) is 11.7 Å². The lowest BCUT2D eigenvalue weighted by Crippen LogP contribution is -2.38. The number of aromatic amines is 1. The summed E-state index contributed by atoms with van der Waals surface area (Å²) < 4.78 is 6.21. The molecule has 0 amide bonds. The molecule has 3 aromatic rings. The van der Waals surface area contributed by atoms with E-state index in [1.807, 2.05) is 36.4 Å². The number of nitrogens with one attached hydrogen (secondary N) is 1. The number of likely N-dealkylation sites (tertiary alicyclic amines) is 1. The van der Waals surface area contributed by atoms with E-state index < -0.39 is 0 Å². The highest BCUT2D eigenvalue weighted by Crippen LogP contribution is 2.23. The third kappa shape index (κ3) is 5.62. The van der Waals surface area contributed by atoms with E-state index in [2.05, 4.69) is 22.0 Å². The predicted octanol–water partition coefficient (Wildman–Crippen LogP) is 5.05. The average Bonchev–Trinajstić information content (AvgIpc) is 2.74. The molecule has 1 N–H and O–H groups in total. The van der Waals surface area contributed by atoms with Crippen molar-refractivity contribution in [1.82, 2.24) is 9.88 Å². The summed E-state index contributed by atoms with van der Waals surface area (Å²) in [6, 6.07) is 17.4. The molecule has 5 heteroatoms. The Bertz CT molecular complexity index is 992. The molecule has 29 heavy (non-hydrogen) atoms. The Hall–Kier alpha value is -2.30. The monoisotopic (exact) mass is 410 g/mol. The van der Waals surface area contributed by atoms with Gasteiger partial charge in [0.05, 0.1) is 0 Å². The topological polar surface area (TPSA) is 45.3 Å². The Kier molecular flexibility index (Phi) is 6.53. The number of ether oxygens (including phenoxy) is 1. The van der Waals surface area contributed by atoms with Crippen LogP contribution in [0.5, 0.6) is 5.75 Å². The molecule has 152 valence electrons. The number of hydrogen-bond donors (Lipinski definition) is 1. The van der Waals surface area contributed by atoms with Crippen LogP contribution in [0.3, 0.4) is 0 Å². The molecule has 0 atom stereocenters. The van der Waals surface area contributed by atoms with Crippen LogP contribution in [-0.2, 0) is 6.42 Å². The van der Waals surface area contributed by atoms with E-state index in [0.29, 0.717) is 0 Å². The van der Waals surface area contributed by atoms with Crippen LogP contribution in [0.25, 0.3) is 10.9 Å². The van der Waals surface area contributed by atoms with Crippen molar-refractivity contribution in [2.45, 2.75) is 38.2 Å². The molecule has 4 nitrogen and oxygen atoms in total. The van der Waals surface area contributed by atoms with Gasteiger partial charge >= 0.3 is 0 Å². The van der Waals surface area contributed by atoms with E-state index >= 15 is 0 Å². The van der Waals surface area contributed by atoms with Crippen molar-refractivity contribution < 1.29 is 4.74 Å². The van der Waals surface area contributed by atoms with Gasteiger partial charge in [-0.25, -0.2) is 0 Å². The van der Waals surface area contributed by atoms with Gasteiger partial charge in [0, 0.05) is 35.1 Å². The summed E-state index contributed by atoms with van der Waals surface area (Å²) in [4.78, 5) is 16.8. The van der Waals surface area contributed by atoms with Gasteiger partial charge in [-0.2, -0.15) is 0 Å². The number of hydrogen-bond acceptors (Lipinski definition) is 3. The fourth-order valence-corrected chi connectivity index (χ4v) is 4.09. The second-order valence-corrected chi connectivity index (χ2v) is 8.25. The molecule has 4 rings (SSSR count). The number of pyridine rings is 1. The highest BCUT2D eigenvalue weighted by Gasteiger charge is 2.20. The number of benzene rings is 2. The molecule has 0 bridgehead atoms. The number of nitrogens with zero attached hydrogens (tertiary/aromatic N) is 1. The maximum atomic E-state index is 11.4. The Morgan fingerprint density at radius 2 is 1.79 bits per heavy atom. The highest BCUT2D eigenvalue weighted by atomic mass is 35.5. The summed E-state index contributed by atoms with van der Waals surface area (Å²) in [7, 11) is 0. The van der Waals surface area contributed by atoms with Gasteiger partial charge < -0.3 is 14.6 Å². The van der Waals surface area contributed by atoms with Crippen molar-refractivity contribution >= 4 is 22.5 Å². The van der Waals surface area contributed by atoms with E-state index in [4.69, 9.17) is 16.3 Å². The van der Waals surface area contributed by atoms with Crippen LogP contribution in [0.2, 0.25) is 5.02 Å². The number of piperidine rings is 1. The van der Waals surface area contributed by atoms with Crippen LogP contribution in [0.1, 0.15) is 31.2 Å². The van der Waals surface area contributed by atoms with E-state index in [1.165, 1.54) is 18.4 Å². The van der Waals surface area contributed by atoms with E-state index in [9.17, 15) is 4.79 Å². The summed E-state index contributed by atoms with van der Waals surface area (Å²) in [5.74, 6) is 0.881. The van der Waals surface area contributed by atoms with Crippen molar-refractivity contribution in [3.63, 3.8) is 0 Å². The van der Waals surface area contributed by atoms with E-state index in [0.717, 1.165) is 60.6 Å². The summed E-state index contributed by atoms with van der Waals surface area (Å²) >= 11 is 5.94. The van der Waals surface area contributed by atoms with Crippen LogP contribution in [0.4, 0.5) is 0 Å². The Morgan fingerprint density at radius 1 is 1.00 bits per heavy atom. The largest absolute Gasteiger partial charge is 0.490 e. The first-order valence-electron chi connectivity index (χ1n) is 10.4. The zero-order valence-electron chi connectivity index (χ0n) is 16.6. The Balaban J connectivity index is 1.19. The Morgan fingerprint density at radius 3 is 2.59 bits per heavy atom. The highest BCUT2D eigenvalue weighted by molar-refractivity contribution is 6.30. The molecule has 0 saturated carbocycles. The van der Waals surface area contributed by atoms with Crippen molar-refractivity contribution in [1.29, 1.82) is 0 Å². The molecular formula is C24H27ClN2O2. The predicted molar refractivity (Wildman–Crippen MR) is 119 cm³/mol. The third-order valence-corrected chi connectivity index (χ3v) is 5.89. The summed E-state index contributed by atoms with van der Waals surface area (Å²) in [5, 5.41) is 1.80. The maximum Gasteiger partial charge on any atom is 0.248 e. The number of rotatable bonds is 7. The van der Waals surface area contributed by atoms with Crippen LogP contribution in [0.15, 0.2) is 59.4 Å². The standard InChI is InChI=1S/C24H27ClN2O2/c25-20-7-4-18(5-8-20)3-1-2-14-27-15-12-21(13-16-27)29-22-9-10-23-19(17-22)6-11-24(28)26-23/h4-11,17,21H,1-3,12-16H2,(H,26,28). The minimum Gasteiger partial charge on any atom is -0.490 e. The molecule has 1 aromatic heterocycles. The number of aryl methyl sites for hydroxylation is 1. The first kappa shape index (κ1) is 20.0. The van der Waals surface area contributed by atoms with Crippen LogP contribution < -0.4 is 10.3 Å². The lowest BCUT2D eigenvalue weighted by molar-refractivity contribution is 0.0997. The lowest BCUT2D eigenvalue weighted by Gasteiger charge is -2.32. The van der Waals surface area contributed by atoms with Gasteiger partial charge in [-0.05, 0) is 80.6 Å². The van der Waals surface area contributed by atoms with Crippen LogP contribution >= 0.6 is 11.6 Å². The van der Waals surface area contributed by atoms with Crippen molar-refractivity contribution in [3.05, 3.63) is 75.5 Å². The fraction of sp³-hybridized carbons (Fsp3) is 0.375. The van der Waals surface area contributed by atoms with Crippen LogP contribution in [0, 0.1) is 0 Å². The SMILES string of the molecule is O=c1ccc2cc(OC3CCN(CCCCc4ccc(Cl)cc4)CC3)ccc2[nH]1. The van der Waals surface area contributed by atoms with Crippen molar-refractivity contribution in [3.8, 4) is 5.75 Å². The smallest absolute Gasteiger partial charge is 0.248 e. The molecule has 2 heterocycles. The number of aromatic nitrogens is 1. The normalized spacial score (nSPS) is 15.6. The van der Waals surface area contributed by atoms with Gasteiger partial charge in [0.1, 0.15) is 11.9 Å². The quantitative estimate of drug-likeness (QED) is 0.554. The zero-order valence-corrected chi connectivity index (χ0v) is 17.3. The van der Waals surface area contributed by atoms with Gasteiger partial charge in [-0.1, -0.05) is 23.7 Å². The zero-order chi connectivity index (χ0) is 20.1. The second kappa shape index (κ2) is 9.47. The lowest BCUT2D eigenvalue weighted by atomic mass is 10.1. The van der Waals surface area contributed by atoms with Gasteiger partial charge in [0.25, 0.3) is 0 Å². The summed E-state index contributed by atoms with van der Waals surface area (Å²) in [6.45, 7) is 3.34. The number of fused-ring (bicyclic) bond motifs is 1.